The molecular formula is C9H14ClN3O. The Morgan fingerprint density at radius 3 is 2.79 bits per heavy atom. The summed E-state index contributed by atoms with van der Waals surface area (Å²) in [7, 11) is 1.79. The van der Waals surface area contributed by atoms with Gasteiger partial charge in [0.25, 0.3) is 0 Å². The summed E-state index contributed by atoms with van der Waals surface area (Å²) in [5, 5.41) is 6.92. The Morgan fingerprint density at radius 1 is 1.71 bits per heavy atom. The molecule has 0 saturated heterocycles. The van der Waals surface area contributed by atoms with Crippen molar-refractivity contribution in [1.29, 1.82) is 0 Å². The molecule has 0 atom stereocenters. The number of hydrogen-bond donors (Lipinski definition) is 1. The third-order valence-electron chi connectivity index (χ3n) is 1.88. The molecule has 1 heterocycles. The average Bonchev–Trinajstić information content (AvgIpc) is 2.48. The maximum Gasteiger partial charge on any atom is 0.240 e. The van der Waals surface area contributed by atoms with Crippen molar-refractivity contribution in [3.8, 4) is 0 Å². The van der Waals surface area contributed by atoms with Gasteiger partial charge in [0.15, 0.2) is 0 Å². The summed E-state index contributed by atoms with van der Waals surface area (Å²) in [4.78, 5) is 11.0. The second kappa shape index (κ2) is 4.46. The topological polar surface area (TPSA) is 46.9 Å². The van der Waals surface area contributed by atoms with Gasteiger partial charge in [0.1, 0.15) is 11.7 Å². The first kappa shape index (κ1) is 11.0. The summed E-state index contributed by atoms with van der Waals surface area (Å²) < 4.78 is 1.64. The highest BCUT2D eigenvalue weighted by molar-refractivity contribution is 6.29. The first-order chi connectivity index (χ1) is 6.54. The van der Waals surface area contributed by atoms with Crippen molar-refractivity contribution in [2.75, 3.05) is 11.2 Å². The Hall–Kier alpha value is -1.03. The van der Waals surface area contributed by atoms with Crippen molar-refractivity contribution in [2.24, 2.45) is 7.05 Å². The number of carbonyl (C=O) groups is 1. The number of hydrogen-bond acceptors (Lipinski definition) is 2. The Bertz CT molecular complexity index is 333. The lowest BCUT2D eigenvalue weighted by molar-refractivity contribution is -0.114. The summed E-state index contributed by atoms with van der Waals surface area (Å²) in [6.45, 7) is 4.10. The number of carbonyl (C=O) groups excluding carboxylic acids is 1. The van der Waals surface area contributed by atoms with E-state index in [4.69, 9.17) is 11.6 Å². The van der Waals surface area contributed by atoms with Crippen LogP contribution in [0.4, 0.5) is 5.82 Å². The lowest BCUT2D eigenvalue weighted by atomic mass is 10.1. The van der Waals surface area contributed by atoms with Gasteiger partial charge < -0.3 is 5.32 Å². The number of aryl methyl sites for hydroxylation is 1. The van der Waals surface area contributed by atoms with Gasteiger partial charge in [0.05, 0.1) is 5.69 Å². The van der Waals surface area contributed by atoms with Crippen LogP contribution in [0.5, 0.6) is 0 Å². The lowest BCUT2D eigenvalue weighted by Gasteiger charge is -2.00. The monoisotopic (exact) mass is 215 g/mol. The number of nitrogens with zero attached hydrogens (tertiary/aromatic N) is 2. The van der Waals surface area contributed by atoms with Crippen molar-refractivity contribution >= 4 is 23.3 Å². The van der Waals surface area contributed by atoms with Gasteiger partial charge in [-0.2, -0.15) is 5.10 Å². The molecule has 0 unspecified atom stereocenters. The molecule has 1 aromatic rings. The fourth-order valence-electron chi connectivity index (χ4n) is 1.06. The van der Waals surface area contributed by atoms with E-state index in [1.165, 1.54) is 0 Å². The molecule has 0 fully saturated rings. The van der Waals surface area contributed by atoms with Gasteiger partial charge in [-0.1, -0.05) is 13.8 Å². The molecule has 0 aromatic carbocycles. The van der Waals surface area contributed by atoms with Crippen molar-refractivity contribution in [3.63, 3.8) is 0 Å². The van der Waals surface area contributed by atoms with Crippen LogP contribution in [0.2, 0.25) is 0 Å². The molecule has 0 spiro atoms. The van der Waals surface area contributed by atoms with E-state index in [1.807, 2.05) is 6.07 Å². The van der Waals surface area contributed by atoms with Crippen LogP contribution in [0.1, 0.15) is 25.5 Å². The lowest BCUT2D eigenvalue weighted by Crippen LogP contribution is -2.15. The van der Waals surface area contributed by atoms with E-state index in [-0.39, 0.29) is 11.8 Å². The Kier molecular flexibility index (Phi) is 3.52. The molecular weight excluding hydrogens is 202 g/mol. The molecule has 0 aliphatic rings. The van der Waals surface area contributed by atoms with Gasteiger partial charge in [-0.3, -0.25) is 9.48 Å². The van der Waals surface area contributed by atoms with Gasteiger partial charge in [0.2, 0.25) is 5.91 Å². The second-order valence-electron chi connectivity index (χ2n) is 3.41. The van der Waals surface area contributed by atoms with Gasteiger partial charge in [0, 0.05) is 13.1 Å². The summed E-state index contributed by atoms with van der Waals surface area (Å²) in [5.74, 6) is 0.773. The fourth-order valence-corrected chi connectivity index (χ4v) is 1.13. The SMILES string of the molecule is CC(C)c1cc(NC(=O)CCl)n(C)n1. The van der Waals surface area contributed by atoms with Crippen molar-refractivity contribution < 1.29 is 4.79 Å². The third-order valence-corrected chi connectivity index (χ3v) is 2.12. The first-order valence-electron chi connectivity index (χ1n) is 4.44. The predicted molar refractivity (Wildman–Crippen MR) is 56.6 cm³/mol. The highest BCUT2D eigenvalue weighted by atomic mass is 35.5. The maximum atomic E-state index is 11.0. The van der Waals surface area contributed by atoms with Gasteiger partial charge in [-0.25, -0.2) is 0 Å². The van der Waals surface area contributed by atoms with E-state index in [9.17, 15) is 4.79 Å². The van der Waals surface area contributed by atoms with Gasteiger partial charge in [-0.05, 0) is 5.92 Å². The third kappa shape index (κ3) is 2.48. The molecule has 0 saturated carbocycles. The molecule has 0 aliphatic heterocycles. The van der Waals surface area contributed by atoms with E-state index in [0.717, 1.165) is 5.69 Å². The first-order valence-corrected chi connectivity index (χ1v) is 4.97. The molecule has 4 nitrogen and oxygen atoms in total. The minimum atomic E-state index is -0.218. The van der Waals surface area contributed by atoms with Crippen LogP contribution in [-0.2, 0) is 11.8 Å². The summed E-state index contributed by atoms with van der Waals surface area (Å²) in [6, 6.07) is 1.86. The molecule has 0 radical (unpaired) electrons. The van der Waals surface area contributed by atoms with Crippen molar-refractivity contribution in [3.05, 3.63) is 11.8 Å². The van der Waals surface area contributed by atoms with E-state index in [1.54, 1.807) is 11.7 Å². The molecule has 1 amide bonds. The molecule has 0 aliphatic carbocycles. The number of aromatic nitrogens is 2. The van der Waals surface area contributed by atoms with E-state index in [2.05, 4.69) is 24.3 Å². The molecule has 14 heavy (non-hydrogen) atoms. The van der Waals surface area contributed by atoms with Crippen LogP contribution < -0.4 is 5.32 Å². The number of halogens is 1. The minimum Gasteiger partial charge on any atom is -0.310 e. The average molecular weight is 216 g/mol. The van der Waals surface area contributed by atoms with Gasteiger partial charge in [-0.15, -0.1) is 11.6 Å². The number of amides is 1. The zero-order valence-corrected chi connectivity index (χ0v) is 9.30. The smallest absolute Gasteiger partial charge is 0.240 e. The molecule has 1 rings (SSSR count). The van der Waals surface area contributed by atoms with Crippen molar-refractivity contribution in [2.45, 2.75) is 19.8 Å². The predicted octanol–water partition coefficient (Wildman–Crippen LogP) is 1.72. The highest BCUT2D eigenvalue weighted by Gasteiger charge is 2.09. The van der Waals surface area contributed by atoms with E-state index < -0.39 is 0 Å². The normalized spacial score (nSPS) is 10.6. The molecule has 0 bridgehead atoms. The van der Waals surface area contributed by atoms with Crippen LogP contribution in [0, 0.1) is 0 Å². The van der Waals surface area contributed by atoms with E-state index >= 15 is 0 Å². The number of anilines is 1. The zero-order chi connectivity index (χ0) is 10.7. The molecule has 1 N–H and O–H groups in total. The molecule has 1 aromatic heterocycles. The Balaban J connectivity index is 2.82. The maximum absolute atomic E-state index is 11.0. The van der Waals surface area contributed by atoms with Crippen LogP contribution >= 0.6 is 11.6 Å². The number of nitrogens with one attached hydrogen (secondary N) is 1. The minimum absolute atomic E-state index is 0.0395. The highest BCUT2D eigenvalue weighted by Crippen LogP contribution is 2.16. The standard InChI is InChI=1S/C9H14ClN3O/c1-6(2)7-4-8(13(3)12-7)11-9(14)5-10/h4,6H,5H2,1-3H3,(H,11,14). The molecule has 78 valence electrons. The Labute approximate surface area is 88.2 Å². The largest absolute Gasteiger partial charge is 0.310 e. The van der Waals surface area contributed by atoms with Crippen LogP contribution in [0.15, 0.2) is 6.07 Å². The molecule has 5 heteroatoms. The number of rotatable bonds is 3. The summed E-state index contributed by atoms with van der Waals surface area (Å²) >= 11 is 5.38. The summed E-state index contributed by atoms with van der Waals surface area (Å²) in [5.41, 5.74) is 0.956. The Morgan fingerprint density at radius 2 is 2.36 bits per heavy atom. The van der Waals surface area contributed by atoms with Crippen molar-refractivity contribution in [1.82, 2.24) is 9.78 Å². The van der Waals surface area contributed by atoms with Crippen LogP contribution in [0.25, 0.3) is 0 Å². The quantitative estimate of drug-likeness (QED) is 0.781. The second-order valence-corrected chi connectivity index (χ2v) is 3.68. The van der Waals surface area contributed by atoms with E-state index in [0.29, 0.717) is 11.7 Å². The fraction of sp³-hybridized carbons (Fsp3) is 0.556. The summed E-state index contributed by atoms with van der Waals surface area (Å²) in [6.07, 6.45) is 0. The zero-order valence-electron chi connectivity index (χ0n) is 8.54. The number of alkyl halides is 1. The van der Waals surface area contributed by atoms with Gasteiger partial charge >= 0.3 is 0 Å². The van der Waals surface area contributed by atoms with Crippen LogP contribution in [-0.4, -0.2) is 21.6 Å². The van der Waals surface area contributed by atoms with Crippen LogP contribution in [0.3, 0.4) is 0 Å².